The van der Waals surface area contributed by atoms with Crippen LogP contribution in [-0.2, 0) is 6.54 Å². The molecule has 0 atom stereocenters. The molecule has 0 aliphatic carbocycles. The number of hydrogen-bond donors (Lipinski definition) is 1. The van der Waals surface area contributed by atoms with Gasteiger partial charge in [0.15, 0.2) is 0 Å². The molecule has 17 heavy (non-hydrogen) atoms. The first-order valence-electron chi connectivity index (χ1n) is 5.43. The summed E-state index contributed by atoms with van der Waals surface area (Å²) in [4.78, 5) is 4.39. The van der Waals surface area contributed by atoms with E-state index >= 15 is 0 Å². The lowest BCUT2D eigenvalue weighted by Crippen LogP contribution is -2.05. The quantitative estimate of drug-likeness (QED) is 0.868. The molecular weight excluding hydrogens is 210 g/mol. The highest BCUT2D eigenvalue weighted by molar-refractivity contribution is 5.61. The van der Waals surface area contributed by atoms with E-state index in [1.165, 1.54) is 0 Å². The van der Waals surface area contributed by atoms with E-state index in [9.17, 15) is 0 Å². The van der Waals surface area contributed by atoms with E-state index in [2.05, 4.69) is 16.4 Å². The van der Waals surface area contributed by atoms with Gasteiger partial charge in [0.25, 0.3) is 0 Å². The number of rotatable bonds is 3. The summed E-state index contributed by atoms with van der Waals surface area (Å²) in [6.07, 6.45) is 1.85. The van der Waals surface area contributed by atoms with Crippen LogP contribution in [0, 0.1) is 11.3 Å². The molecule has 1 aromatic carbocycles. The zero-order chi connectivity index (χ0) is 12.1. The Kier molecular flexibility index (Phi) is 3.49. The van der Waals surface area contributed by atoms with E-state index in [4.69, 9.17) is 5.26 Å². The van der Waals surface area contributed by atoms with Crippen molar-refractivity contribution < 1.29 is 0 Å². The van der Waals surface area contributed by atoms with Crippen LogP contribution in [0.4, 0.5) is 0 Å². The highest BCUT2D eigenvalue weighted by Crippen LogP contribution is 2.18. The standard InChI is InChI=1S/C14H13N3/c1-16-9-12-5-6-14(17-10-12)13-4-2-3-11(7-13)8-15/h2-7,10,16H,9H2,1H3. The van der Waals surface area contributed by atoms with E-state index in [1.54, 1.807) is 6.07 Å². The number of benzene rings is 1. The number of nitriles is 1. The van der Waals surface area contributed by atoms with Crippen molar-refractivity contribution in [2.24, 2.45) is 0 Å². The summed E-state index contributed by atoms with van der Waals surface area (Å²) in [6.45, 7) is 0.811. The van der Waals surface area contributed by atoms with Crippen molar-refractivity contribution in [2.45, 2.75) is 6.54 Å². The second-order valence-electron chi connectivity index (χ2n) is 3.77. The Bertz CT molecular complexity index is 538. The Labute approximate surface area is 101 Å². The molecule has 3 nitrogen and oxygen atoms in total. The van der Waals surface area contributed by atoms with Gasteiger partial charge in [-0.2, -0.15) is 5.26 Å². The first-order valence-corrected chi connectivity index (χ1v) is 5.43. The first kappa shape index (κ1) is 11.3. The monoisotopic (exact) mass is 223 g/mol. The molecule has 2 rings (SSSR count). The van der Waals surface area contributed by atoms with Crippen molar-refractivity contribution in [2.75, 3.05) is 7.05 Å². The van der Waals surface area contributed by atoms with Crippen LogP contribution in [0.5, 0.6) is 0 Å². The first-order chi connectivity index (χ1) is 8.33. The Morgan fingerprint density at radius 1 is 1.29 bits per heavy atom. The van der Waals surface area contributed by atoms with Crippen LogP contribution < -0.4 is 5.32 Å². The molecule has 0 aliphatic rings. The minimum atomic E-state index is 0.656. The van der Waals surface area contributed by atoms with E-state index in [0.29, 0.717) is 5.56 Å². The normalized spacial score (nSPS) is 9.88. The zero-order valence-corrected chi connectivity index (χ0v) is 9.64. The molecule has 0 unspecified atom stereocenters. The van der Waals surface area contributed by atoms with Gasteiger partial charge < -0.3 is 5.32 Å². The molecule has 0 bridgehead atoms. The number of hydrogen-bond acceptors (Lipinski definition) is 3. The van der Waals surface area contributed by atoms with Crippen LogP contribution in [0.25, 0.3) is 11.3 Å². The number of nitrogens with one attached hydrogen (secondary N) is 1. The molecule has 0 aliphatic heterocycles. The van der Waals surface area contributed by atoms with Gasteiger partial charge in [-0.3, -0.25) is 4.98 Å². The molecule has 0 saturated heterocycles. The van der Waals surface area contributed by atoms with Crippen molar-refractivity contribution in [3.63, 3.8) is 0 Å². The molecule has 0 fully saturated rings. The van der Waals surface area contributed by atoms with Crippen molar-refractivity contribution >= 4 is 0 Å². The molecule has 0 radical (unpaired) electrons. The van der Waals surface area contributed by atoms with Crippen LogP contribution in [0.3, 0.4) is 0 Å². The summed E-state index contributed by atoms with van der Waals surface area (Å²) in [7, 11) is 1.91. The fourth-order valence-electron chi connectivity index (χ4n) is 1.65. The minimum Gasteiger partial charge on any atom is -0.316 e. The van der Waals surface area contributed by atoms with Gasteiger partial charge in [-0.25, -0.2) is 0 Å². The molecule has 0 saturated carbocycles. The maximum atomic E-state index is 8.84. The predicted molar refractivity (Wildman–Crippen MR) is 67.2 cm³/mol. The molecule has 1 heterocycles. The Balaban J connectivity index is 2.30. The SMILES string of the molecule is CNCc1ccc(-c2cccc(C#N)c2)nc1. The van der Waals surface area contributed by atoms with Crippen molar-refractivity contribution in [3.8, 4) is 17.3 Å². The van der Waals surface area contributed by atoms with Gasteiger partial charge in [0.05, 0.1) is 17.3 Å². The van der Waals surface area contributed by atoms with Crippen molar-refractivity contribution in [3.05, 3.63) is 53.7 Å². The smallest absolute Gasteiger partial charge is 0.0991 e. The average molecular weight is 223 g/mol. The Morgan fingerprint density at radius 3 is 2.82 bits per heavy atom. The largest absolute Gasteiger partial charge is 0.316 e. The molecule has 2 aromatic rings. The van der Waals surface area contributed by atoms with Gasteiger partial charge >= 0.3 is 0 Å². The summed E-state index contributed by atoms with van der Waals surface area (Å²) in [5.74, 6) is 0. The summed E-state index contributed by atoms with van der Waals surface area (Å²) in [6, 6.07) is 13.6. The maximum absolute atomic E-state index is 8.84. The Hall–Kier alpha value is -2.18. The van der Waals surface area contributed by atoms with Crippen molar-refractivity contribution in [1.82, 2.24) is 10.3 Å². The van der Waals surface area contributed by atoms with Crippen LogP contribution in [0.15, 0.2) is 42.6 Å². The average Bonchev–Trinajstić information content (AvgIpc) is 2.40. The third kappa shape index (κ3) is 2.68. The molecular formula is C14H13N3. The number of aromatic nitrogens is 1. The highest BCUT2D eigenvalue weighted by atomic mass is 14.8. The second kappa shape index (κ2) is 5.24. The van der Waals surface area contributed by atoms with Gasteiger partial charge in [-0.15, -0.1) is 0 Å². The third-order valence-electron chi connectivity index (χ3n) is 2.49. The third-order valence-corrected chi connectivity index (χ3v) is 2.49. The van der Waals surface area contributed by atoms with Gasteiger partial charge in [0, 0.05) is 18.3 Å². The number of nitrogens with zero attached hydrogens (tertiary/aromatic N) is 2. The van der Waals surface area contributed by atoms with Gasteiger partial charge in [-0.05, 0) is 30.8 Å². The summed E-state index contributed by atoms with van der Waals surface area (Å²) in [5.41, 5.74) is 3.67. The topological polar surface area (TPSA) is 48.7 Å². The second-order valence-corrected chi connectivity index (χ2v) is 3.77. The molecule has 1 N–H and O–H groups in total. The lowest BCUT2D eigenvalue weighted by atomic mass is 10.1. The summed E-state index contributed by atoms with van der Waals surface area (Å²) < 4.78 is 0. The van der Waals surface area contributed by atoms with Crippen molar-refractivity contribution in [1.29, 1.82) is 5.26 Å². The van der Waals surface area contributed by atoms with Gasteiger partial charge in [-0.1, -0.05) is 18.2 Å². The molecule has 0 amide bonds. The summed E-state index contributed by atoms with van der Waals surface area (Å²) in [5, 5.41) is 11.9. The predicted octanol–water partition coefficient (Wildman–Crippen LogP) is 2.34. The van der Waals surface area contributed by atoms with E-state index < -0.39 is 0 Å². The van der Waals surface area contributed by atoms with Crippen LogP contribution in [0.1, 0.15) is 11.1 Å². The minimum absolute atomic E-state index is 0.656. The molecule has 1 aromatic heterocycles. The zero-order valence-electron chi connectivity index (χ0n) is 9.64. The van der Waals surface area contributed by atoms with E-state index in [1.807, 2.05) is 43.6 Å². The van der Waals surface area contributed by atoms with Gasteiger partial charge in [0.1, 0.15) is 0 Å². The van der Waals surface area contributed by atoms with Crippen LogP contribution in [0.2, 0.25) is 0 Å². The summed E-state index contributed by atoms with van der Waals surface area (Å²) >= 11 is 0. The van der Waals surface area contributed by atoms with Gasteiger partial charge in [0.2, 0.25) is 0 Å². The fourth-order valence-corrected chi connectivity index (χ4v) is 1.65. The van der Waals surface area contributed by atoms with Crippen LogP contribution in [-0.4, -0.2) is 12.0 Å². The Morgan fingerprint density at radius 2 is 2.18 bits per heavy atom. The van der Waals surface area contributed by atoms with E-state index in [0.717, 1.165) is 23.4 Å². The van der Waals surface area contributed by atoms with E-state index in [-0.39, 0.29) is 0 Å². The highest BCUT2D eigenvalue weighted by Gasteiger charge is 2.00. The lowest BCUT2D eigenvalue weighted by Gasteiger charge is -2.03. The number of pyridine rings is 1. The molecule has 3 heteroatoms. The molecule has 0 spiro atoms. The fraction of sp³-hybridized carbons (Fsp3) is 0.143. The molecule has 84 valence electrons. The lowest BCUT2D eigenvalue weighted by molar-refractivity contribution is 0.813. The van der Waals surface area contributed by atoms with Crippen LogP contribution >= 0.6 is 0 Å². The maximum Gasteiger partial charge on any atom is 0.0991 e.